The van der Waals surface area contributed by atoms with Crippen LogP contribution in [0.5, 0.6) is 0 Å². The predicted molar refractivity (Wildman–Crippen MR) is 78.2 cm³/mol. The molecule has 0 spiro atoms. The molecule has 0 radical (unpaired) electrons. The van der Waals surface area contributed by atoms with Crippen LogP contribution in [0.3, 0.4) is 0 Å². The third-order valence-corrected chi connectivity index (χ3v) is 5.24. The number of nitrogens with one attached hydrogen (secondary N) is 1. The van der Waals surface area contributed by atoms with E-state index >= 15 is 0 Å². The lowest BCUT2D eigenvalue weighted by Crippen LogP contribution is -2.37. The number of hydrogen-bond acceptors (Lipinski definition) is 6. The van der Waals surface area contributed by atoms with Gasteiger partial charge >= 0.3 is 11.9 Å². The Balaban J connectivity index is 2.67. The van der Waals surface area contributed by atoms with Crippen LogP contribution in [0.4, 0.5) is 0 Å². The molecule has 0 aliphatic heterocycles. The molecule has 0 aliphatic rings. The average molecular weight is 333 g/mol. The van der Waals surface area contributed by atoms with Gasteiger partial charge in [-0.2, -0.15) is 0 Å². The van der Waals surface area contributed by atoms with Crippen LogP contribution < -0.4 is 4.72 Å². The highest BCUT2D eigenvalue weighted by atomic mass is 32.2. The maximum Gasteiger partial charge on any atom is 0.328 e. The van der Waals surface area contributed by atoms with Crippen molar-refractivity contribution in [1.82, 2.24) is 4.72 Å². The number of carbonyl (C=O) groups is 2. The van der Waals surface area contributed by atoms with Gasteiger partial charge < -0.3 is 9.84 Å². The van der Waals surface area contributed by atoms with E-state index in [1.807, 2.05) is 0 Å². The molecular formula is C12H15NO6S2. The Morgan fingerprint density at radius 2 is 2.14 bits per heavy atom. The molecule has 1 aromatic heterocycles. The van der Waals surface area contributed by atoms with Gasteiger partial charge in [0, 0.05) is 22.4 Å². The number of esters is 1. The molecule has 7 nitrogen and oxygen atoms in total. The first-order valence-corrected chi connectivity index (χ1v) is 8.18. The summed E-state index contributed by atoms with van der Waals surface area (Å²) in [5.74, 6) is -1.89. The first-order valence-electron chi connectivity index (χ1n) is 5.82. The lowest BCUT2D eigenvalue weighted by Gasteiger charge is -2.11. The van der Waals surface area contributed by atoms with Crippen molar-refractivity contribution in [3.8, 4) is 0 Å². The van der Waals surface area contributed by atoms with Crippen LogP contribution in [0.1, 0.15) is 16.7 Å². The van der Waals surface area contributed by atoms with Crippen molar-refractivity contribution < 1.29 is 27.9 Å². The van der Waals surface area contributed by atoms with Gasteiger partial charge in [0.15, 0.2) is 5.25 Å². The number of carbonyl (C=O) groups excluding carboxylic acids is 1. The topological polar surface area (TPSA) is 110 Å². The summed E-state index contributed by atoms with van der Waals surface area (Å²) in [4.78, 5) is 23.0. The normalized spacial score (nSPS) is 13.2. The quantitative estimate of drug-likeness (QED) is 0.565. The van der Waals surface area contributed by atoms with Gasteiger partial charge in [0.1, 0.15) is 0 Å². The van der Waals surface area contributed by atoms with E-state index in [-0.39, 0.29) is 6.54 Å². The first kappa shape index (κ1) is 17.3. The largest absolute Gasteiger partial charge is 0.478 e. The van der Waals surface area contributed by atoms with Gasteiger partial charge in [-0.15, -0.1) is 11.3 Å². The van der Waals surface area contributed by atoms with Gasteiger partial charge in [0.2, 0.25) is 10.0 Å². The van der Waals surface area contributed by atoms with Gasteiger partial charge in [-0.3, -0.25) is 4.79 Å². The molecule has 0 fully saturated rings. The fraction of sp³-hybridized carbons (Fsp3) is 0.333. The second-order valence-electron chi connectivity index (χ2n) is 4.01. The number of thiophene rings is 1. The zero-order valence-corrected chi connectivity index (χ0v) is 13.0. The summed E-state index contributed by atoms with van der Waals surface area (Å²) in [5.41, 5.74) is 0. The van der Waals surface area contributed by atoms with Gasteiger partial charge in [-0.25, -0.2) is 17.9 Å². The lowest BCUT2D eigenvalue weighted by molar-refractivity contribution is -0.139. The van der Waals surface area contributed by atoms with Crippen LogP contribution in [0, 0.1) is 0 Å². The second-order valence-corrected chi connectivity index (χ2v) is 7.29. The Morgan fingerprint density at radius 1 is 1.48 bits per heavy atom. The van der Waals surface area contributed by atoms with Crippen molar-refractivity contribution >= 4 is 39.4 Å². The maximum atomic E-state index is 11.8. The monoisotopic (exact) mass is 333 g/mol. The summed E-state index contributed by atoms with van der Waals surface area (Å²) < 4.78 is 30.4. The van der Waals surface area contributed by atoms with Gasteiger partial charge in [-0.05, 0) is 25.1 Å². The summed E-state index contributed by atoms with van der Waals surface area (Å²) in [7, 11) is -2.70. The fourth-order valence-electron chi connectivity index (χ4n) is 1.32. The van der Waals surface area contributed by atoms with Crippen molar-refractivity contribution in [2.75, 3.05) is 7.11 Å². The van der Waals surface area contributed by atoms with Crippen LogP contribution in [0.25, 0.3) is 6.08 Å². The van der Waals surface area contributed by atoms with Crippen LogP contribution in [0.2, 0.25) is 0 Å². The minimum absolute atomic E-state index is 0.0231. The zero-order valence-electron chi connectivity index (χ0n) is 11.4. The van der Waals surface area contributed by atoms with E-state index in [1.165, 1.54) is 24.3 Å². The third-order valence-electron chi connectivity index (χ3n) is 2.52. The minimum atomic E-state index is -3.82. The summed E-state index contributed by atoms with van der Waals surface area (Å²) in [6.45, 7) is 1.26. The van der Waals surface area contributed by atoms with Crippen LogP contribution in [0.15, 0.2) is 18.2 Å². The van der Waals surface area contributed by atoms with Gasteiger partial charge in [-0.1, -0.05) is 0 Å². The Morgan fingerprint density at radius 3 is 2.71 bits per heavy atom. The molecule has 0 amide bonds. The Labute approximate surface area is 126 Å². The lowest BCUT2D eigenvalue weighted by atomic mass is 10.4. The van der Waals surface area contributed by atoms with Crippen LogP contribution in [-0.2, 0) is 30.9 Å². The number of ether oxygens (including phenoxy) is 1. The summed E-state index contributed by atoms with van der Waals surface area (Å²) >= 11 is 1.25. The Bertz CT molecular complexity index is 646. The summed E-state index contributed by atoms with van der Waals surface area (Å²) in [5, 5.41) is 7.21. The number of sulfonamides is 1. The van der Waals surface area contributed by atoms with E-state index in [0.717, 1.165) is 13.2 Å². The van der Waals surface area contributed by atoms with Crippen molar-refractivity contribution in [2.24, 2.45) is 0 Å². The maximum absolute atomic E-state index is 11.8. The molecule has 0 aromatic carbocycles. The van der Waals surface area contributed by atoms with E-state index in [9.17, 15) is 18.0 Å². The Kier molecular flexibility index (Phi) is 6.06. The fourth-order valence-corrected chi connectivity index (χ4v) is 3.22. The summed E-state index contributed by atoms with van der Waals surface area (Å²) in [6, 6.07) is 3.36. The molecule has 1 unspecified atom stereocenters. The molecule has 1 atom stereocenters. The molecule has 1 rings (SSSR count). The van der Waals surface area contributed by atoms with Crippen LogP contribution >= 0.6 is 11.3 Å². The smallest absolute Gasteiger partial charge is 0.328 e. The third kappa shape index (κ3) is 5.29. The number of methoxy groups -OCH3 is 1. The van der Waals surface area contributed by atoms with Gasteiger partial charge in [0.25, 0.3) is 0 Å². The molecule has 21 heavy (non-hydrogen) atoms. The number of hydrogen-bond donors (Lipinski definition) is 2. The molecule has 2 N–H and O–H groups in total. The van der Waals surface area contributed by atoms with Crippen molar-refractivity contribution in [3.63, 3.8) is 0 Å². The summed E-state index contributed by atoms with van der Waals surface area (Å²) in [6.07, 6.45) is 2.42. The Hall–Kier alpha value is -1.71. The van der Waals surface area contributed by atoms with Crippen molar-refractivity contribution in [2.45, 2.75) is 18.7 Å². The standard InChI is InChI=1S/C12H15NO6S2/c1-8(12(16)19-2)21(17,18)13-7-10-4-3-9(20-10)5-6-11(14)15/h3-6,8,13H,7H2,1-2H3,(H,14,15). The number of carboxylic acid groups (broad SMARTS) is 1. The highest BCUT2D eigenvalue weighted by Crippen LogP contribution is 2.18. The molecule has 116 valence electrons. The first-order chi connectivity index (χ1) is 9.76. The van der Waals surface area contributed by atoms with E-state index < -0.39 is 27.2 Å². The average Bonchev–Trinajstić information content (AvgIpc) is 2.89. The number of rotatable bonds is 7. The molecule has 1 heterocycles. The molecule has 9 heteroatoms. The minimum Gasteiger partial charge on any atom is -0.478 e. The molecular weight excluding hydrogens is 318 g/mol. The van der Waals surface area contributed by atoms with Crippen molar-refractivity contribution in [3.05, 3.63) is 28.0 Å². The SMILES string of the molecule is COC(=O)C(C)S(=O)(=O)NCc1ccc(C=CC(=O)O)s1. The molecule has 1 aromatic rings. The van der Waals surface area contributed by atoms with Crippen LogP contribution in [-0.4, -0.2) is 37.8 Å². The van der Waals surface area contributed by atoms with E-state index in [2.05, 4.69) is 9.46 Å². The molecule has 0 saturated carbocycles. The number of aliphatic carboxylic acids is 1. The van der Waals surface area contributed by atoms with E-state index in [1.54, 1.807) is 12.1 Å². The second kappa shape index (κ2) is 7.34. The van der Waals surface area contributed by atoms with Gasteiger partial charge in [0.05, 0.1) is 7.11 Å². The van der Waals surface area contributed by atoms with E-state index in [0.29, 0.717) is 9.75 Å². The van der Waals surface area contributed by atoms with E-state index in [4.69, 9.17) is 5.11 Å². The highest BCUT2D eigenvalue weighted by Gasteiger charge is 2.28. The number of carboxylic acids is 1. The molecule has 0 aliphatic carbocycles. The predicted octanol–water partition coefficient (Wildman–Crippen LogP) is 0.827. The molecule has 0 saturated heterocycles. The zero-order chi connectivity index (χ0) is 16.0. The highest BCUT2D eigenvalue weighted by molar-refractivity contribution is 7.90. The van der Waals surface area contributed by atoms with Crippen molar-refractivity contribution in [1.29, 1.82) is 0 Å². The molecule has 0 bridgehead atoms.